The van der Waals surface area contributed by atoms with Gasteiger partial charge in [0.05, 0.1) is 11.3 Å². The molecule has 0 amide bonds. The van der Waals surface area contributed by atoms with E-state index in [1.165, 1.54) is 17.8 Å². The Labute approximate surface area is 141 Å². The van der Waals surface area contributed by atoms with E-state index in [9.17, 15) is 4.39 Å². The molecule has 0 unspecified atom stereocenters. The Morgan fingerprint density at radius 2 is 2.17 bits per heavy atom. The van der Waals surface area contributed by atoms with Crippen LogP contribution in [0.5, 0.6) is 0 Å². The maximum absolute atomic E-state index is 13.7. The van der Waals surface area contributed by atoms with Crippen molar-refractivity contribution < 1.29 is 9.13 Å². The molecule has 9 heteroatoms. The van der Waals surface area contributed by atoms with E-state index in [0.29, 0.717) is 27.8 Å². The number of ether oxygens (including phenoxy) is 1. The molecule has 24 heavy (non-hydrogen) atoms. The zero-order valence-corrected chi connectivity index (χ0v) is 13.7. The van der Waals surface area contributed by atoms with Gasteiger partial charge in [-0.25, -0.2) is 14.1 Å². The lowest BCUT2D eigenvalue weighted by Gasteiger charge is -2.20. The number of nitrogens with zero attached hydrogens (tertiary/aromatic N) is 4. The van der Waals surface area contributed by atoms with Gasteiger partial charge >= 0.3 is 0 Å². The minimum absolute atomic E-state index is 0.283. The van der Waals surface area contributed by atoms with Gasteiger partial charge in [-0.05, 0) is 25.0 Å². The zero-order valence-electron chi connectivity index (χ0n) is 12.9. The van der Waals surface area contributed by atoms with Crippen molar-refractivity contribution >= 4 is 22.8 Å². The van der Waals surface area contributed by atoms with Gasteiger partial charge in [0, 0.05) is 19.1 Å². The number of aromatic nitrogens is 5. The lowest BCUT2D eigenvalue weighted by molar-refractivity contribution is 0.0830. The molecule has 1 saturated heterocycles. The van der Waals surface area contributed by atoms with Crippen LogP contribution >= 0.6 is 11.8 Å². The molecule has 1 fully saturated rings. The number of halogens is 1. The van der Waals surface area contributed by atoms with Gasteiger partial charge in [0.15, 0.2) is 11.6 Å². The van der Waals surface area contributed by atoms with E-state index in [4.69, 9.17) is 10.6 Å². The van der Waals surface area contributed by atoms with Crippen molar-refractivity contribution in [1.82, 2.24) is 24.8 Å². The largest absolute Gasteiger partial charge is 0.381 e. The van der Waals surface area contributed by atoms with Crippen LogP contribution in [0.4, 0.5) is 4.39 Å². The molecule has 0 saturated carbocycles. The number of nitrogen functional groups attached to an aromatic ring is 1. The van der Waals surface area contributed by atoms with E-state index in [2.05, 4.69) is 20.2 Å². The van der Waals surface area contributed by atoms with Crippen LogP contribution in [0.15, 0.2) is 23.4 Å². The van der Waals surface area contributed by atoms with E-state index in [0.717, 1.165) is 31.9 Å². The van der Waals surface area contributed by atoms with Crippen LogP contribution in [0.1, 0.15) is 30.4 Å². The van der Waals surface area contributed by atoms with Gasteiger partial charge < -0.3 is 15.6 Å². The maximum Gasteiger partial charge on any atom is 0.210 e. The summed E-state index contributed by atoms with van der Waals surface area (Å²) >= 11 is 1.42. The van der Waals surface area contributed by atoms with Crippen LogP contribution in [0.25, 0.3) is 11.0 Å². The van der Waals surface area contributed by atoms with Crippen molar-refractivity contribution in [3.05, 3.63) is 35.7 Å². The van der Waals surface area contributed by atoms with E-state index in [-0.39, 0.29) is 11.7 Å². The summed E-state index contributed by atoms with van der Waals surface area (Å²) in [6, 6.07) is 4.86. The van der Waals surface area contributed by atoms with E-state index in [1.54, 1.807) is 16.8 Å². The molecule has 1 aromatic carbocycles. The molecule has 0 bridgehead atoms. The number of rotatable bonds is 4. The Bertz CT molecular complexity index is 857. The SMILES string of the molecule is Nn1c(SCc2nc3c(F)cccc3[nH]2)nnc1C1CCOCC1. The van der Waals surface area contributed by atoms with Gasteiger partial charge in [-0.3, -0.25) is 0 Å². The molecular weight excluding hydrogens is 331 g/mol. The van der Waals surface area contributed by atoms with Crippen molar-refractivity contribution in [1.29, 1.82) is 0 Å². The Morgan fingerprint density at radius 3 is 2.96 bits per heavy atom. The number of aromatic amines is 1. The summed E-state index contributed by atoms with van der Waals surface area (Å²) in [6.45, 7) is 1.45. The highest BCUT2D eigenvalue weighted by atomic mass is 32.2. The fraction of sp³-hybridized carbons (Fsp3) is 0.400. The van der Waals surface area contributed by atoms with Crippen molar-refractivity contribution in [2.45, 2.75) is 29.7 Å². The molecule has 3 aromatic rings. The first kappa shape index (κ1) is 15.4. The molecule has 4 rings (SSSR count). The highest BCUT2D eigenvalue weighted by molar-refractivity contribution is 7.98. The first-order valence-corrected chi connectivity index (χ1v) is 8.75. The summed E-state index contributed by atoms with van der Waals surface area (Å²) in [5, 5.41) is 9.02. The van der Waals surface area contributed by atoms with Crippen LogP contribution in [0.3, 0.4) is 0 Å². The predicted octanol–water partition coefficient (Wildman–Crippen LogP) is 2.19. The number of thioether (sulfide) groups is 1. The summed E-state index contributed by atoms with van der Waals surface area (Å²) < 4.78 is 20.6. The van der Waals surface area contributed by atoms with Gasteiger partial charge in [-0.2, -0.15) is 0 Å². The summed E-state index contributed by atoms with van der Waals surface area (Å²) in [5.74, 6) is 8.07. The Balaban J connectivity index is 1.49. The second-order valence-electron chi connectivity index (χ2n) is 5.71. The van der Waals surface area contributed by atoms with Crippen LogP contribution in [0, 0.1) is 5.82 Å². The maximum atomic E-state index is 13.7. The molecular formula is C15H17FN6OS. The predicted molar refractivity (Wildman–Crippen MR) is 88.6 cm³/mol. The minimum atomic E-state index is -0.330. The highest BCUT2D eigenvalue weighted by Gasteiger charge is 2.23. The summed E-state index contributed by atoms with van der Waals surface area (Å²) in [6.07, 6.45) is 1.81. The second-order valence-corrected chi connectivity index (χ2v) is 6.65. The van der Waals surface area contributed by atoms with Crippen LogP contribution in [0.2, 0.25) is 0 Å². The Morgan fingerprint density at radius 1 is 1.33 bits per heavy atom. The van der Waals surface area contributed by atoms with Crippen molar-refractivity contribution in [3.63, 3.8) is 0 Å². The summed E-state index contributed by atoms with van der Waals surface area (Å²) in [7, 11) is 0. The normalized spacial score (nSPS) is 16.0. The number of nitrogens with two attached hydrogens (primary N) is 1. The Hall–Kier alpha value is -2.13. The average molecular weight is 348 g/mol. The molecule has 126 valence electrons. The summed E-state index contributed by atoms with van der Waals surface area (Å²) in [5.41, 5.74) is 1.04. The van der Waals surface area contributed by atoms with Crippen molar-refractivity contribution in [3.8, 4) is 0 Å². The monoisotopic (exact) mass is 348 g/mol. The quantitative estimate of drug-likeness (QED) is 0.554. The van der Waals surface area contributed by atoms with E-state index < -0.39 is 0 Å². The smallest absolute Gasteiger partial charge is 0.210 e. The standard InChI is InChI=1S/C15H17FN6OS/c16-10-2-1-3-11-13(10)19-12(18-11)8-24-15-21-20-14(22(15)17)9-4-6-23-7-5-9/h1-3,9H,4-8,17H2,(H,18,19). The molecule has 0 radical (unpaired) electrons. The fourth-order valence-corrected chi connectivity index (χ4v) is 3.60. The number of nitrogens with one attached hydrogen (secondary N) is 1. The van der Waals surface area contributed by atoms with E-state index in [1.807, 2.05) is 0 Å². The van der Waals surface area contributed by atoms with Gasteiger partial charge in [0.2, 0.25) is 5.16 Å². The molecule has 2 aromatic heterocycles. The third kappa shape index (κ3) is 2.84. The van der Waals surface area contributed by atoms with Gasteiger partial charge in [-0.15, -0.1) is 10.2 Å². The van der Waals surface area contributed by atoms with Gasteiger partial charge in [0.1, 0.15) is 11.3 Å². The average Bonchev–Trinajstić information content (AvgIpc) is 3.18. The lowest BCUT2D eigenvalue weighted by atomic mass is 10.00. The molecule has 3 N–H and O–H groups in total. The second kappa shape index (κ2) is 6.40. The highest BCUT2D eigenvalue weighted by Crippen LogP contribution is 2.28. The van der Waals surface area contributed by atoms with Gasteiger partial charge in [-0.1, -0.05) is 17.8 Å². The Kier molecular flexibility index (Phi) is 4.11. The number of benzene rings is 1. The molecule has 7 nitrogen and oxygen atoms in total. The fourth-order valence-electron chi connectivity index (χ4n) is 2.87. The van der Waals surface area contributed by atoms with E-state index >= 15 is 0 Å². The van der Waals surface area contributed by atoms with Crippen LogP contribution in [-0.2, 0) is 10.5 Å². The molecule has 0 atom stereocenters. The number of fused-ring (bicyclic) bond motifs is 1. The topological polar surface area (TPSA) is 94.6 Å². The third-order valence-electron chi connectivity index (χ3n) is 4.13. The number of para-hydroxylation sites is 1. The molecule has 0 spiro atoms. The number of imidazole rings is 1. The lowest BCUT2D eigenvalue weighted by Crippen LogP contribution is -2.22. The minimum Gasteiger partial charge on any atom is -0.381 e. The number of hydrogen-bond donors (Lipinski definition) is 2. The first-order chi connectivity index (χ1) is 11.7. The molecule has 0 aliphatic carbocycles. The first-order valence-electron chi connectivity index (χ1n) is 7.76. The summed E-state index contributed by atoms with van der Waals surface area (Å²) in [4.78, 5) is 7.40. The molecule has 3 heterocycles. The molecule has 1 aliphatic rings. The number of H-pyrrole nitrogens is 1. The third-order valence-corrected chi connectivity index (χ3v) is 5.08. The zero-order chi connectivity index (χ0) is 16.5. The van der Waals surface area contributed by atoms with Crippen LogP contribution < -0.4 is 5.84 Å². The van der Waals surface area contributed by atoms with Gasteiger partial charge in [0.25, 0.3) is 0 Å². The number of hydrogen-bond acceptors (Lipinski definition) is 6. The van der Waals surface area contributed by atoms with Crippen molar-refractivity contribution in [2.75, 3.05) is 19.1 Å². The van der Waals surface area contributed by atoms with Crippen molar-refractivity contribution in [2.24, 2.45) is 0 Å². The van der Waals surface area contributed by atoms with Crippen LogP contribution in [-0.4, -0.2) is 38.1 Å². The molecule has 1 aliphatic heterocycles.